The topological polar surface area (TPSA) is 17.1 Å². The van der Waals surface area contributed by atoms with Gasteiger partial charge in [-0.25, -0.2) is 0 Å². The quantitative estimate of drug-likeness (QED) is 0.334. The Morgan fingerprint density at radius 1 is 1.71 bits per heavy atom. The second kappa shape index (κ2) is 6.37. The van der Waals surface area contributed by atoms with E-state index in [2.05, 4.69) is 6.92 Å². The van der Waals surface area contributed by atoms with Gasteiger partial charge in [0.2, 0.25) is 0 Å². The van der Waals surface area contributed by atoms with Crippen LogP contribution in [0.5, 0.6) is 0 Å². The lowest BCUT2D eigenvalue weighted by Gasteiger charge is -1.85. The number of rotatable bonds is 4. The predicted octanol–water partition coefficient (Wildman–Crippen LogP) is 1.97. The molecule has 0 aromatic carbocycles. The van der Waals surface area contributed by atoms with Crippen LogP contribution in [0.3, 0.4) is 0 Å². The zero-order valence-corrected chi connectivity index (χ0v) is 5.85. The molecule has 0 rings (SSSR count). The molecule has 7 heavy (non-hydrogen) atoms. The Morgan fingerprint density at radius 2 is 2.43 bits per heavy atom. The first-order valence-electron chi connectivity index (χ1n) is 2.13. The van der Waals surface area contributed by atoms with Gasteiger partial charge in [0.15, 0.2) is 5.62 Å². The van der Waals surface area contributed by atoms with Crippen LogP contribution >= 0.6 is 21.6 Å². The normalized spacial score (nSPS) is 8.71. The molecule has 0 unspecified atom stereocenters. The van der Waals surface area contributed by atoms with Crippen molar-refractivity contribution in [1.82, 2.24) is 0 Å². The van der Waals surface area contributed by atoms with Crippen molar-refractivity contribution in [3.8, 4) is 0 Å². The molecule has 42 valence electrons. The molecule has 0 fully saturated rings. The van der Waals surface area contributed by atoms with Gasteiger partial charge in [0.05, 0.1) is 0 Å². The van der Waals surface area contributed by atoms with Crippen LogP contribution < -0.4 is 0 Å². The highest BCUT2D eigenvalue weighted by molar-refractivity contribution is 8.81. The molecule has 0 heterocycles. The molecular weight excluding hydrogens is 128 g/mol. The van der Waals surface area contributed by atoms with E-state index in [0.29, 0.717) is 0 Å². The van der Waals surface area contributed by atoms with E-state index in [0.717, 1.165) is 17.8 Å². The summed E-state index contributed by atoms with van der Waals surface area (Å²) in [6.45, 7) is 2.10. The van der Waals surface area contributed by atoms with Crippen LogP contribution in [0.2, 0.25) is 0 Å². The maximum Gasteiger partial charge on any atom is 0.186 e. The fourth-order valence-corrected chi connectivity index (χ4v) is 1.43. The highest BCUT2D eigenvalue weighted by atomic mass is 33.1. The largest absolute Gasteiger partial charge is 0.290 e. The highest BCUT2D eigenvalue weighted by Crippen LogP contribution is 2.17. The average molecular weight is 136 g/mol. The first kappa shape index (κ1) is 7.37. The summed E-state index contributed by atoms with van der Waals surface area (Å²) < 4.78 is 0. The van der Waals surface area contributed by atoms with Crippen LogP contribution in [0.15, 0.2) is 0 Å². The third kappa shape index (κ3) is 6.37. The number of hydrogen-bond acceptors (Lipinski definition) is 3. The van der Waals surface area contributed by atoms with Crippen molar-refractivity contribution in [3.05, 3.63) is 0 Å². The number of carbonyl (C=O) groups is 1. The predicted molar refractivity (Wildman–Crippen MR) is 37.1 cm³/mol. The molecule has 0 aliphatic heterocycles. The number of hydrogen-bond donors (Lipinski definition) is 0. The first-order chi connectivity index (χ1) is 3.41. The lowest BCUT2D eigenvalue weighted by molar-refractivity contribution is 0.570. The Hall–Kier alpha value is 0.370. The van der Waals surface area contributed by atoms with Crippen molar-refractivity contribution in [2.75, 3.05) is 5.75 Å². The molecular formula is C4H8OS2. The summed E-state index contributed by atoms with van der Waals surface area (Å²) in [6, 6.07) is 0. The van der Waals surface area contributed by atoms with Gasteiger partial charge < -0.3 is 0 Å². The van der Waals surface area contributed by atoms with Crippen LogP contribution in [0.25, 0.3) is 0 Å². The average Bonchev–Trinajstić information content (AvgIpc) is 1.69. The van der Waals surface area contributed by atoms with Crippen molar-refractivity contribution in [2.45, 2.75) is 13.3 Å². The summed E-state index contributed by atoms with van der Waals surface area (Å²) in [6.07, 6.45) is 1.14. The molecule has 0 saturated carbocycles. The zero-order chi connectivity index (χ0) is 5.54. The van der Waals surface area contributed by atoms with Gasteiger partial charge in [0.1, 0.15) is 0 Å². The molecule has 0 aliphatic rings. The van der Waals surface area contributed by atoms with Crippen LogP contribution in [0.4, 0.5) is 0 Å². The Bertz CT molecular complexity index is 47.0. The third-order valence-electron chi connectivity index (χ3n) is 0.395. The maximum absolute atomic E-state index is 9.62. The minimum absolute atomic E-state index is 0.861. The second-order valence-electron chi connectivity index (χ2n) is 1.01. The van der Waals surface area contributed by atoms with Crippen molar-refractivity contribution >= 4 is 27.2 Å². The fourth-order valence-electron chi connectivity index (χ4n) is 0.159. The maximum atomic E-state index is 9.62. The summed E-state index contributed by atoms with van der Waals surface area (Å²) in [5.74, 6) is 1.07. The molecule has 0 atom stereocenters. The van der Waals surface area contributed by atoms with E-state index in [1.807, 2.05) is 0 Å². The van der Waals surface area contributed by atoms with Gasteiger partial charge in [0, 0.05) is 5.75 Å². The Labute approximate surface area is 51.6 Å². The zero-order valence-electron chi connectivity index (χ0n) is 4.22. The van der Waals surface area contributed by atoms with Gasteiger partial charge in [-0.1, -0.05) is 17.7 Å². The van der Waals surface area contributed by atoms with Crippen LogP contribution in [0, 0.1) is 0 Å². The van der Waals surface area contributed by atoms with E-state index in [9.17, 15) is 4.79 Å². The van der Waals surface area contributed by atoms with Gasteiger partial charge in [-0.2, -0.15) is 0 Å². The van der Waals surface area contributed by atoms with E-state index in [1.54, 1.807) is 10.8 Å². The van der Waals surface area contributed by atoms with Gasteiger partial charge in [-0.05, 0) is 17.2 Å². The van der Waals surface area contributed by atoms with Crippen molar-refractivity contribution in [3.63, 3.8) is 0 Å². The van der Waals surface area contributed by atoms with E-state index < -0.39 is 0 Å². The van der Waals surface area contributed by atoms with E-state index in [-0.39, 0.29) is 0 Å². The Morgan fingerprint density at radius 3 is 2.86 bits per heavy atom. The molecule has 0 N–H and O–H groups in total. The van der Waals surface area contributed by atoms with E-state index in [4.69, 9.17) is 0 Å². The summed E-state index contributed by atoms with van der Waals surface area (Å²) >= 11 is 0. The monoisotopic (exact) mass is 136 g/mol. The fraction of sp³-hybridized carbons (Fsp3) is 0.750. The number of carbonyl (C=O) groups excluding carboxylic acids is 1. The van der Waals surface area contributed by atoms with Gasteiger partial charge in [-0.15, -0.1) is 0 Å². The molecule has 0 saturated heterocycles. The lowest BCUT2D eigenvalue weighted by Crippen LogP contribution is -1.65. The Balaban J connectivity index is 2.56. The smallest absolute Gasteiger partial charge is 0.186 e. The summed E-state index contributed by atoms with van der Waals surface area (Å²) in [5.41, 5.74) is 0.861. The second-order valence-corrected chi connectivity index (χ2v) is 3.33. The minimum Gasteiger partial charge on any atom is -0.290 e. The van der Waals surface area contributed by atoms with E-state index in [1.165, 1.54) is 10.8 Å². The third-order valence-corrected chi connectivity index (χ3v) is 2.33. The SMILES string of the molecule is CCCSSC=O. The van der Waals surface area contributed by atoms with Crippen LogP contribution in [-0.4, -0.2) is 11.4 Å². The first-order valence-corrected chi connectivity index (χ1v) is 4.52. The van der Waals surface area contributed by atoms with Crippen LogP contribution in [0.1, 0.15) is 13.3 Å². The summed E-state index contributed by atoms with van der Waals surface area (Å²) in [7, 11) is 2.87. The van der Waals surface area contributed by atoms with Gasteiger partial charge in [0.25, 0.3) is 0 Å². The van der Waals surface area contributed by atoms with Gasteiger partial charge >= 0.3 is 0 Å². The van der Waals surface area contributed by atoms with Crippen LogP contribution in [-0.2, 0) is 4.79 Å². The van der Waals surface area contributed by atoms with E-state index >= 15 is 0 Å². The molecule has 0 aromatic rings. The standard InChI is InChI=1S/C4H8OS2/c1-2-3-6-7-4-5/h4H,2-3H2,1H3. The van der Waals surface area contributed by atoms with Crippen molar-refractivity contribution < 1.29 is 4.79 Å². The van der Waals surface area contributed by atoms with Gasteiger partial charge in [-0.3, -0.25) is 4.79 Å². The molecule has 0 bridgehead atoms. The molecule has 0 aromatic heterocycles. The molecule has 0 radical (unpaired) electrons. The lowest BCUT2D eigenvalue weighted by atomic mass is 10.6. The molecule has 3 heteroatoms. The Kier molecular flexibility index (Phi) is 6.71. The highest BCUT2D eigenvalue weighted by Gasteiger charge is 1.80. The summed E-state index contributed by atoms with van der Waals surface area (Å²) in [5, 5.41) is 0. The molecule has 0 spiro atoms. The van der Waals surface area contributed by atoms with Crippen molar-refractivity contribution in [1.29, 1.82) is 0 Å². The molecule has 0 amide bonds. The van der Waals surface area contributed by atoms with Crippen molar-refractivity contribution in [2.24, 2.45) is 0 Å². The molecule has 1 nitrogen and oxygen atoms in total. The minimum atomic E-state index is 0.861. The summed E-state index contributed by atoms with van der Waals surface area (Å²) in [4.78, 5) is 9.62. The molecule has 0 aliphatic carbocycles.